The van der Waals surface area contributed by atoms with Gasteiger partial charge in [0.25, 0.3) is 0 Å². The average Bonchev–Trinajstić information content (AvgIpc) is 3.16. The Morgan fingerprint density at radius 2 is 1.50 bits per heavy atom. The van der Waals surface area contributed by atoms with Gasteiger partial charge in [-0.05, 0) is 50.7 Å². The molecule has 1 aromatic rings. The molecule has 0 spiro atoms. The van der Waals surface area contributed by atoms with Gasteiger partial charge < -0.3 is 4.74 Å². The second-order valence-corrected chi connectivity index (χ2v) is 10.2. The Morgan fingerprint density at radius 1 is 0.906 bits per heavy atom. The third-order valence-electron chi connectivity index (χ3n) is 5.73. The number of rotatable bonds is 17. The largest absolute Gasteiger partial charge is 0.479 e. The third kappa shape index (κ3) is 9.35. The van der Waals surface area contributed by atoms with Crippen LogP contribution in [-0.2, 0) is 35.7 Å². The van der Waals surface area contributed by atoms with Crippen LogP contribution in [0, 0.1) is 0 Å². The summed E-state index contributed by atoms with van der Waals surface area (Å²) in [6.07, 6.45) is 10.6. The van der Waals surface area contributed by atoms with E-state index in [1.54, 1.807) is 13.8 Å². The first-order chi connectivity index (χ1) is 15.4. The molecule has 1 aliphatic heterocycles. The Hall–Kier alpha value is -1.20. The highest BCUT2D eigenvalue weighted by Gasteiger charge is 2.39. The van der Waals surface area contributed by atoms with Gasteiger partial charge in [0, 0.05) is 6.92 Å². The standard InChI is InChI=1S/C25H42NO5P/c1-5-8-9-10-11-12-13-23-14-16-24(17-15-23)18-19-25(20-28-22(4)26-25)21-31-32(27,29-6-2)30-7-3/h14-17H,5-13,18-21H2,1-4H3/t25-/m0/s1. The van der Waals surface area contributed by atoms with Crippen molar-refractivity contribution in [3.63, 3.8) is 0 Å². The number of nitrogens with zero attached hydrogens (tertiary/aromatic N) is 1. The number of unbranched alkanes of at least 4 members (excludes halogenated alkanes) is 5. The fourth-order valence-corrected chi connectivity index (χ4v) is 5.15. The molecular formula is C25H42NO5P. The van der Waals surface area contributed by atoms with E-state index in [2.05, 4.69) is 36.2 Å². The summed E-state index contributed by atoms with van der Waals surface area (Å²) in [5.41, 5.74) is 2.08. The summed E-state index contributed by atoms with van der Waals surface area (Å²) < 4.78 is 34.5. The molecule has 1 aromatic carbocycles. The van der Waals surface area contributed by atoms with Crippen LogP contribution in [0.3, 0.4) is 0 Å². The molecule has 6 nitrogen and oxygen atoms in total. The molecule has 0 saturated carbocycles. The van der Waals surface area contributed by atoms with Crippen LogP contribution in [-0.4, -0.2) is 37.9 Å². The highest BCUT2D eigenvalue weighted by Crippen LogP contribution is 2.50. The number of phosphoric acid groups is 1. The highest BCUT2D eigenvalue weighted by atomic mass is 31.2. The van der Waals surface area contributed by atoms with Gasteiger partial charge in [-0.25, -0.2) is 9.56 Å². The van der Waals surface area contributed by atoms with E-state index in [0.717, 1.165) is 19.3 Å². The SMILES string of the molecule is CCCCCCCCc1ccc(CC[C@@]2(COP(=O)(OCC)OCC)COC(C)=N2)cc1. The van der Waals surface area contributed by atoms with E-state index in [9.17, 15) is 4.57 Å². The Bertz CT molecular complexity index is 726. The van der Waals surface area contributed by atoms with Gasteiger partial charge in [-0.15, -0.1) is 0 Å². The van der Waals surface area contributed by atoms with Crippen LogP contribution in [0.2, 0.25) is 0 Å². The van der Waals surface area contributed by atoms with Crippen LogP contribution in [0.1, 0.15) is 83.8 Å². The first-order valence-corrected chi connectivity index (χ1v) is 13.7. The lowest BCUT2D eigenvalue weighted by molar-refractivity contribution is 0.0886. The van der Waals surface area contributed by atoms with Crippen molar-refractivity contribution in [2.24, 2.45) is 4.99 Å². The lowest BCUT2D eigenvalue weighted by Gasteiger charge is -2.26. The molecule has 0 aromatic heterocycles. The molecule has 0 saturated heterocycles. The van der Waals surface area contributed by atoms with E-state index in [4.69, 9.17) is 18.3 Å². The van der Waals surface area contributed by atoms with Gasteiger partial charge in [-0.3, -0.25) is 13.6 Å². The van der Waals surface area contributed by atoms with E-state index in [-0.39, 0.29) is 19.8 Å². The lowest BCUT2D eigenvalue weighted by atomic mass is 9.93. The molecule has 0 amide bonds. The summed E-state index contributed by atoms with van der Waals surface area (Å²) in [5, 5.41) is 0. The molecular weight excluding hydrogens is 425 g/mol. The van der Waals surface area contributed by atoms with Crippen LogP contribution in [0.5, 0.6) is 0 Å². The summed E-state index contributed by atoms with van der Waals surface area (Å²) in [4.78, 5) is 4.68. The van der Waals surface area contributed by atoms with Crippen molar-refractivity contribution < 1.29 is 22.9 Å². The predicted octanol–water partition coefficient (Wildman–Crippen LogP) is 6.91. The normalized spacial score (nSPS) is 18.6. The molecule has 0 bridgehead atoms. The number of hydrogen-bond donors (Lipinski definition) is 0. The van der Waals surface area contributed by atoms with E-state index in [1.807, 2.05) is 6.92 Å². The van der Waals surface area contributed by atoms with Crippen LogP contribution in [0.4, 0.5) is 0 Å². The minimum Gasteiger partial charge on any atom is -0.479 e. The number of phosphoric ester groups is 1. The lowest BCUT2D eigenvalue weighted by Crippen LogP contribution is -2.35. The number of benzene rings is 1. The quantitative estimate of drug-likeness (QED) is 0.184. The van der Waals surface area contributed by atoms with Crippen molar-refractivity contribution in [1.29, 1.82) is 0 Å². The zero-order valence-electron chi connectivity index (χ0n) is 20.4. The predicted molar refractivity (Wildman–Crippen MR) is 130 cm³/mol. The number of aryl methyl sites for hydroxylation is 2. The highest BCUT2D eigenvalue weighted by molar-refractivity contribution is 7.48. The van der Waals surface area contributed by atoms with Crippen molar-refractivity contribution in [2.75, 3.05) is 26.4 Å². The Balaban J connectivity index is 1.87. The molecule has 1 atom stereocenters. The van der Waals surface area contributed by atoms with Crippen molar-refractivity contribution in [2.45, 2.75) is 91.0 Å². The number of ether oxygens (including phenoxy) is 1. The maximum Gasteiger partial charge on any atom is 0.474 e. The minimum atomic E-state index is -3.58. The van der Waals surface area contributed by atoms with Gasteiger partial charge in [0.2, 0.25) is 0 Å². The van der Waals surface area contributed by atoms with E-state index >= 15 is 0 Å². The molecule has 2 rings (SSSR count). The van der Waals surface area contributed by atoms with Crippen LogP contribution in [0.15, 0.2) is 29.3 Å². The van der Waals surface area contributed by atoms with E-state index in [1.165, 1.54) is 49.7 Å². The molecule has 0 N–H and O–H groups in total. The first kappa shape index (κ1) is 27.0. The smallest absolute Gasteiger partial charge is 0.474 e. The molecule has 1 heterocycles. The fourth-order valence-electron chi connectivity index (χ4n) is 3.90. The van der Waals surface area contributed by atoms with Gasteiger partial charge in [-0.2, -0.15) is 0 Å². The van der Waals surface area contributed by atoms with E-state index < -0.39 is 13.4 Å². The Kier molecular flexibility index (Phi) is 12.0. The molecule has 182 valence electrons. The molecule has 0 fully saturated rings. The molecule has 32 heavy (non-hydrogen) atoms. The van der Waals surface area contributed by atoms with Gasteiger partial charge in [0.1, 0.15) is 12.1 Å². The van der Waals surface area contributed by atoms with Crippen molar-refractivity contribution in [3.8, 4) is 0 Å². The van der Waals surface area contributed by atoms with Gasteiger partial charge in [0.05, 0.1) is 19.8 Å². The zero-order valence-corrected chi connectivity index (χ0v) is 21.3. The van der Waals surface area contributed by atoms with Gasteiger partial charge >= 0.3 is 7.82 Å². The molecule has 7 heteroatoms. The summed E-state index contributed by atoms with van der Waals surface area (Å²) in [5.74, 6) is 0.630. The summed E-state index contributed by atoms with van der Waals surface area (Å²) in [6, 6.07) is 8.89. The van der Waals surface area contributed by atoms with E-state index in [0.29, 0.717) is 12.5 Å². The number of aliphatic imine (C=N–C) groups is 1. The van der Waals surface area contributed by atoms with Crippen LogP contribution >= 0.6 is 7.82 Å². The maximum absolute atomic E-state index is 12.7. The van der Waals surface area contributed by atoms with Crippen molar-refractivity contribution >= 4 is 13.7 Å². The summed E-state index contributed by atoms with van der Waals surface area (Å²) in [7, 11) is -3.58. The van der Waals surface area contributed by atoms with Crippen LogP contribution in [0.25, 0.3) is 0 Å². The minimum absolute atomic E-state index is 0.137. The van der Waals surface area contributed by atoms with Gasteiger partial charge in [-0.1, -0.05) is 63.3 Å². The summed E-state index contributed by atoms with van der Waals surface area (Å²) in [6.45, 7) is 8.68. The number of hydrogen-bond acceptors (Lipinski definition) is 6. The second-order valence-electron chi connectivity index (χ2n) is 8.53. The fraction of sp³-hybridized carbons (Fsp3) is 0.720. The van der Waals surface area contributed by atoms with Gasteiger partial charge in [0.15, 0.2) is 5.90 Å². The zero-order chi connectivity index (χ0) is 23.3. The summed E-state index contributed by atoms with van der Waals surface area (Å²) >= 11 is 0. The molecule has 1 aliphatic rings. The maximum atomic E-state index is 12.7. The average molecular weight is 468 g/mol. The Labute approximate surface area is 194 Å². The van der Waals surface area contributed by atoms with Crippen molar-refractivity contribution in [1.82, 2.24) is 0 Å². The topological polar surface area (TPSA) is 66.4 Å². The molecule has 0 radical (unpaired) electrons. The first-order valence-electron chi connectivity index (χ1n) is 12.2. The molecule has 0 aliphatic carbocycles. The monoisotopic (exact) mass is 467 g/mol. The van der Waals surface area contributed by atoms with Crippen molar-refractivity contribution in [3.05, 3.63) is 35.4 Å². The third-order valence-corrected chi connectivity index (χ3v) is 7.33. The second kappa shape index (κ2) is 14.1. The molecule has 0 unspecified atom stereocenters. The van der Waals surface area contributed by atoms with Crippen LogP contribution < -0.4 is 0 Å². The Morgan fingerprint density at radius 3 is 2.06 bits per heavy atom.